The third-order valence-corrected chi connectivity index (χ3v) is 12.1. The number of carbonyl (C=O) groups excluding carboxylic acids is 4. The van der Waals surface area contributed by atoms with Crippen molar-refractivity contribution in [3.63, 3.8) is 0 Å². The molecule has 5 atom stereocenters. The van der Waals surface area contributed by atoms with Crippen LogP contribution in [0.3, 0.4) is 0 Å². The standard InChI is InChI=1S/C34H36F2N5O8PS/c1-19(42)39-12-11-23-8-9-28(33(45)40-16-25(26(17-40)37-2)20-5-4-6-24(14-20)49-3)41(23)32(44)27(18-39)38-31(43)30-15-21-13-22(7-10-29(21)51-30)34(35,36)50(46,47)48/h4-7,10,13-15,23,25-28H,8-9,11-12,16-18H2,1,3H3,(H,38,43)(H2,46,47,48)/t23-,25+,26-,27+,28+/m1/s1. The van der Waals surface area contributed by atoms with Crippen LogP contribution >= 0.6 is 18.9 Å². The molecule has 270 valence electrons. The molecule has 3 aromatic rings. The lowest BCUT2D eigenvalue weighted by molar-refractivity contribution is -0.148. The molecular formula is C34H36F2N5O8PS. The minimum absolute atomic E-state index is 0.0438. The van der Waals surface area contributed by atoms with Gasteiger partial charge in [0.1, 0.15) is 17.8 Å². The second-order valence-corrected chi connectivity index (χ2v) is 15.8. The predicted molar refractivity (Wildman–Crippen MR) is 182 cm³/mol. The number of halogens is 2. The molecule has 6 rings (SSSR count). The maximum Gasteiger partial charge on any atom is 0.399 e. The molecule has 3 fully saturated rings. The molecule has 51 heavy (non-hydrogen) atoms. The number of hydrogen-bond donors (Lipinski definition) is 3. The largest absolute Gasteiger partial charge is 0.497 e. The number of hydrogen-bond acceptors (Lipinski definition) is 7. The van der Waals surface area contributed by atoms with Crippen molar-refractivity contribution < 1.29 is 47.0 Å². The highest BCUT2D eigenvalue weighted by Gasteiger charge is 2.51. The fraction of sp³-hybridized carbons (Fsp3) is 0.441. The number of fused-ring (bicyclic) bond motifs is 2. The van der Waals surface area contributed by atoms with E-state index in [1.807, 2.05) is 18.2 Å². The van der Waals surface area contributed by atoms with Gasteiger partial charge in [0.2, 0.25) is 23.8 Å². The Labute approximate surface area is 296 Å². The summed E-state index contributed by atoms with van der Waals surface area (Å²) < 4.78 is 45.9. The summed E-state index contributed by atoms with van der Waals surface area (Å²) in [5, 5.41) is 2.85. The number of carbonyl (C=O) groups is 4. The second-order valence-electron chi connectivity index (χ2n) is 13.0. The summed E-state index contributed by atoms with van der Waals surface area (Å²) in [7, 11) is -4.26. The van der Waals surface area contributed by atoms with Crippen LogP contribution < -0.4 is 10.1 Å². The molecule has 0 unspecified atom stereocenters. The van der Waals surface area contributed by atoms with Gasteiger partial charge < -0.3 is 39.4 Å². The van der Waals surface area contributed by atoms with E-state index in [1.165, 1.54) is 28.9 Å². The minimum Gasteiger partial charge on any atom is -0.497 e. The van der Waals surface area contributed by atoms with Crippen LogP contribution in [0.25, 0.3) is 14.9 Å². The zero-order chi connectivity index (χ0) is 36.8. The lowest BCUT2D eigenvalue weighted by Crippen LogP contribution is -2.61. The van der Waals surface area contributed by atoms with Crippen molar-refractivity contribution in [1.82, 2.24) is 20.0 Å². The minimum atomic E-state index is -5.82. The number of alkyl halides is 2. The zero-order valence-electron chi connectivity index (χ0n) is 27.7. The Bertz CT molecular complexity index is 1980. The van der Waals surface area contributed by atoms with Crippen molar-refractivity contribution in [3.8, 4) is 5.75 Å². The molecule has 3 N–H and O–H groups in total. The Hall–Kier alpha value is -4.42. The topological polar surface area (TPSA) is 161 Å². The van der Waals surface area contributed by atoms with Crippen LogP contribution in [0.5, 0.6) is 5.75 Å². The fourth-order valence-electron chi connectivity index (χ4n) is 7.26. The Morgan fingerprint density at radius 2 is 1.82 bits per heavy atom. The first-order chi connectivity index (χ1) is 24.1. The molecule has 0 spiro atoms. The van der Waals surface area contributed by atoms with Crippen molar-refractivity contribution in [2.24, 2.45) is 0 Å². The normalized spacial score (nSPS) is 24.1. The molecule has 2 aromatic carbocycles. The summed E-state index contributed by atoms with van der Waals surface area (Å²) in [5.41, 5.74) is -4.47. The number of amides is 4. The Kier molecular flexibility index (Phi) is 9.95. The van der Waals surface area contributed by atoms with Gasteiger partial charge in [0.05, 0.1) is 24.4 Å². The van der Waals surface area contributed by atoms with Gasteiger partial charge in [0, 0.05) is 42.9 Å². The summed E-state index contributed by atoms with van der Waals surface area (Å²) in [6, 6.07) is 8.75. The quantitative estimate of drug-likeness (QED) is 0.244. The first-order valence-corrected chi connectivity index (χ1v) is 18.7. The average molecular weight is 744 g/mol. The summed E-state index contributed by atoms with van der Waals surface area (Å²) >= 11 is 0.934. The number of rotatable bonds is 7. The number of thiophene rings is 1. The van der Waals surface area contributed by atoms with Gasteiger partial charge in [-0.05, 0) is 60.5 Å². The Morgan fingerprint density at radius 3 is 2.51 bits per heavy atom. The van der Waals surface area contributed by atoms with Gasteiger partial charge in [-0.3, -0.25) is 23.7 Å². The van der Waals surface area contributed by atoms with E-state index in [0.29, 0.717) is 29.7 Å². The van der Waals surface area contributed by atoms with Crippen LogP contribution in [0.2, 0.25) is 0 Å². The maximum absolute atomic E-state index is 14.4. The molecule has 3 aliphatic heterocycles. The molecule has 0 bridgehead atoms. The molecule has 1 aromatic heterocycles. The van der Waals surface area contributed by atoms with Crippen LogP contribution in [-0.2, 0) is 24.6 Å². The number of benzene rings is 2. The van der Waals surface area contributed by atoms with E-state index in [4.69, 9.17) is 21.1 Å². The van der Waals surface area contributed by atoms with Crippen molar-refractivity contribution in [2.75, 3.05) is 33.3 Å². The van der Waals surface area contributed by atoms with Crippen LogP contribution in [0.1, 0.15) is 52.9 Å². The lowest BCUT2D eigenvalue weighted by atomic mass is 9.95. The Morgan fingerprint density at radius 1 is 1.06 bits per heavy atom. The molecule has 4 amide bonds. The third-order valence-electron chi connectivity index (χ3n) is 9.97. The van der Waals surface area contributed by atoms with Crippen molar-refractivity contribution in [2.45, 2.75) is 61.9 Å². The van der Waals surface area contributed by atoms with E-state index in [0.717, 1.165) is 29.0 Å². The molecule has 0 aliphatic carbocycles. The summed E-state index contributed by atoms with van der Waals surface area (Å²) in [6.07, 6.45) is 1.31. The first-order valence-electron chi connectivity index (χ1n) is 16.3. The van der Waals surface area contributed by atoms with Crippen molar-refractivity contribution in [3.05, 3.63) is 76.0 Å². The Balaban J connectivity index is 1.24. The number of likely N-dealkylation sites (tertiary alicyclic amines) is 1. The van der Waals surface area contributed by atoms with Gasteiger partial charge in [-0.25, -0.2) is 6.57 Å². The van der Waals surface area contributed by atoms with Crippen LogP contribution in [0, 0.1) is 6.57 Å². The highest BCUT2D eigenvalue weighted by atomic mass is 32.1. The van der Waals surface area contributed by atoms with Gasteiger partial charge in [-0.15, -0.1) is 11.3 Å². The number of ether oxygens (including phenoxy) is 1. The second kappa shape index (κ2) is 14.0. The number of nitrogens with one attached hydrogen (secondary N) is 1. The molecule has 0 radical (unpaired) electrons. The molecule has 0 saturated carbocycles. The van der Waals surface area contributed by atoms with E-state index in [9.17, 15) is 32.5 Å². The number of nitrogens with zero attached hydrogens (tertiary/aromatic N) is 4. The number of methoxy groups -OCH3 is 1. The van der Waals surface area contributed by atoms with E-state index in [2.05, 4.69) is 10.2 Å². The van der Waals surface area contributed by atoms with E-state index >= 15 is 0 Å². The molecular weight excluding hydrogens is 707 g/mol. The van der Waals surface area contributed by atoms with Crippen LogP contribution in [0.4, 0.5) is 8.78 Å². The van der Waals surface area contributed by atoms with Gasteiger partial charge in [-0.2, -0.15) is 8.78 Å². The van der Waals surface area contributed by atoms with Gasteiger partial charge in [0.25, 0.3) is 5.91 Å². The van der Waals surface area contributed by atoms with Crippen LogP contribution in [0.15, 0.2) is 48.5 Å². The molecule has 3 saturated heterocycles. The molecule has 17 heteroatoms. The third kappa shape index (κ3) is 6.95. The van der Waals surface area contributed by atoms with Crippen molar-refractivity contribution >= 4 is 52.6 Å². The average Bonchev–Trinajstić information content (AvgIpc) is 3.84. The highest BCUT2D eigenvalue weighted by molar-refractivity contribution is 7.52. The van der Waals surface area contributed by atoms with Gasteiger partial charge in [0.15, 0.2) is 0 Å². The zero-order valence-corrected chi connectivity index (χ0v) is 29.4. The first kappa shape index (κ1) is 36.4. The van der Waals surface area contributed by atoms with Crippen molar-refractivity contribution in [1.29, 1.82) is 0 Å². The maximum atomic E-state index is 14.4. The molecule has 3 aliphatic rings. The molecule has 13 nitrogen and oxygen atoms in total. The smallest absolute Gasteiger partial charge is 0.399 e. The predicted octanol–water partition coefficient (Wildman–Crippen LogP) is 3.76. The summed E-state index contributed by atoms with van der Waals surface area (Å²) in [6.45, 7) is 9.79. The molecule has 4 heterocycles. The fourth-order valence-corrected chi connectivity index (χ4v) is 8.68. The van der Waals surface area contributed by atoms with Crippen LogP contribution in [-0.4, -0.2) is 106 Å². The SMILES string of the molecule is [C-]#[N+][C@@H]1CN(C(=O)[C@@H]2CC[C@@H]3CCN(C(C)=O)C[C@H](NC(=O)c4cc5cc(C(F)(F)P(=O)(O)O)ccc5s4)C(=O)N32)C[C@H]1c1cccc(OC)c1. The van der Waals surface area contributed by atoms with E-state index in [-0.39, 0.29) is 60.2 Å². The van der Waals surface area contributed by atoms with E-state index < -0.39 is 48.8 Å². The lowest BCUT2D eigenvalue weighted by Gasteiger charge is -2.39. The van der Waals surface area contributed by atoms with E-state index in [1.54, 1.807) is 18.1 Å². The van der Waals surface area contributed by atoms with Gasteiger partial charge in [-0.1, -0.05) is 18.2 Å². The highest BCUT2D eigenvalue weighted by Crippen LogP contribution is 2.59. The summed E-state index contributed by atoms with van der Waals surface area (Å²) in [5.74, 6) is -1.45. The summed E-state index contributed by atoms with van der Waals surface area (Å²) in [4.78, 5) is 81.4. The van der Waals surface area contributed by atoms with Gasteiger partial charge >= 0.3 is 13.3 Å². The monoisotopic (exact) mass is 743 g/mol.